The van der Waals surface area contributed by atoms with Crippen molar-refractivity contribution in [3.05, 3.63) is 71.8 Å². The van der Waals surface area contributed by atoms with Crippen molar-refractivity contribution in [2.75, 3.05) is 6.54 Å². The lowest BCUT2D eigenvalue weighted by Gasteiger charge is -2.31. The molecule has 0 heterocycles. The second kappa shape index (κ2) is 6.57. The molecule has 0 aliphatic heterocycles. The monoisotopic (exact) mass is 281 g/mol. The van der Waals surface area contributed by atoms with Gasteiger partial charge in [0.15, 0.2) is 0 Å². The average molecular weight is 281 g/mol. The number of carbonyl (C=O) groups excluding carboxylic acids is 1. The molecule has 2 rings (SSSR count). The van der Waals surface area contributed by atoms with Crippen molar-refractivity contribution in [3.8, 4) is 0 Å². The fourth-order valence-corrected chi connectivity index (χ4v) is 2.45. The van der Waals surface area contributed by atoms with Crippen LogP contribution in [0.15, 0.2) is 60.7 Å². The van der Waals surface area contributed by atoms with E-state index in [0.717, 1.165) is 0 Å². The molecule has 0 unspecified atom stereocenters. The van der Waals surface area contributed by atoms with E-state index >= 15 is 0 Å². The molecule has 21 heavy (non-hydrogen) atoms. The number of hydrogen-bond donors (Lipinski definition) is 1. The molecule has 110 valence electrons. The van der Waals surface area contributed by atoms with E-state index in [1.54, 1.807) is 0 Å². The van der Waals surface area contributed by atoms with Gasteiger partial charge in [-0.3, -0.25) is 4.79 Å². The van der Waals surface area contributed by atoms with Crippen LogP contribution in [0.4, 0.5) is 0 Å². The van der Waals surface area contributed by atoms with E-state index in [4.69, 9.17) is 0 Å². The molecule has 0 atom stereocenters. The first-order valence-corrected chi connectivity index (χ1v) is 7.43. The quantitative estimate of drug-likeness (QED) is 0.888. The summed E-state index contributed by atoms with van der Waals surface area (Å²) in [5, 5.41) is 3.08. The molecule has 0 radical (unpaired) electrons. The smallest absolute Gasteiger partial charge is 0.222 e. The number of carbonyl (C=O) groups is 1. The van der Waals surface area contributed by atoms with Crippen LogP contribution in [0.1, 0.15) is 31.9 Å². The van der Waals surface area contributed by atoms with Gasteiger partial charge in [0.1, 0.15) is 0 Å². The topological polar surface area (TPSA) is 29.1 Å². The van der Waals surface area contributed by atoms with Crippen LogP contribution < -0.4 is 5.32 Å². The Kier molecular flexibility index (Phi) is 4.79. The number of rotatable bonds is 5. The SMILES string of the molecule is CC(C)C(=O)NCC(C)(c1ccccc1)c1ccccc1. The number of amides is 1. The summed E-state index contributed by atoms with van der Waals surface area (Å²) >= 11 is 0. The minimum atomic E-state index is -0.229. The largest absolute Gasteiger partial charge is 0.355 e. The zero-order chi connectivity index (χ0) is 15.3. The summed E-state index contributed by atoms with van der Waals surface area (Å²) in [7, 11) is 0. The van der Waals surface area contributed by atoms with Gasteiger partial charge < -0.3 is 5.32 Å². The summed E-state index contributed by atoms with van der Waals surface area (Å²) < 4.78 is 0. The number of hydrogen-bond acceptors (Lipinski definition) is 1. The number of nitrogens with one attached hydrogen (secondary N) is 1. The highest BCUT2D eigenvalue weighted by atomic mass is 16.1. The van der Waals surface area contributed by atoms with Gasteiger partial charge in [-0.25, -0.2) is 0 Å². The van der Waals surface area contributed by atoms with Crippen molar-refractivity contribution in [1.29, 1.82) is 0 Å². The predicted molar refractivity (Wildman–Crippen MR) is 87.2 cm³/mol. The Bertz CT molecular complexity index is 536. The van der Waals surface area contributed by atoms with Crippen molar-refractivity contribution in [3.63, 3.8) is 0 Å². The zero-order valence-corrected chi connectivity index (χ0v) is 13.0. The molecule has 1 N–H and O–H groups in total. The minimum Gasteiger partial charge on any atom is -0.355 e. The van der Waals surface area contributed by atoms with E-state index in [1.165, 1.54) is 11.1 Å². The van der Waals surface area contributed by atoms with E-state index in [0.29, 0.717) is 6.54 Å². The summed E-state index contributed by atoms with van der Waals surface area (Å²) in [5.74, 6) is 0.0916. The van der Waals surface area contributed by atoms with Gasteiger partial charge in [-0.05, 0) is 18.1 Å². The van der Waals surface area contributed by atoms with Gasteiger partial charge >= 0.3 is 0 Å². The molecule has 2 aromatic rings. The lowest BCUT2D eigenvalue weighted by molar-refractivity contribution is -0.124. The Hall–Kier alpha value is -2.09. The second-order valence-electron chi connectivity index (χ2n) is 5.94. The van der Waals surface area contributed by atoms with Crippen LogP contribution in [0.3, 0.4) is 0 Å². The van der Waals surface area contributed by atoms with E-state index in [-0.39, 0.29) is 17.2 Å². The maximum atomic E-state index is 11.9. The minimum absolute atomic E-state index is 0.000738. The van der Waals surface area contributed by atoms with Crippen LogP contribution in [-0.4, -0.2) is 12.5 Å². The maximum Gasteiger partial charge on any atom is 0.222 e. The molecule has 2 nitrogen and oxygen atoms in total. The molecule has 2 heteroatoms. The van der Waals surface area contributed by atoms with E-state index in [1.807, 2.05) is 50.2 Å². The third-order valence-electron chi connectivity index (χ3n) is 3.96. The normalized spacial score (nSPS) is 11.4. The van der Waals surface area contributed by atoms with Crippen molar-refractivity contribution >= 4 is 5.91 Å². The molecule has 2 aromatic carbocycles. The molecule has 0 fully saturated rings. The summed E-state index contributed by atoms with van der Waals surface area (Å²) in [4.78, 5) is 11.9. The van der Waals surface area contributed by atoms with Crippen molar-refractivity contribution < 1.29 is 4.79 Å². The Morgan fingerprint density at radius 3 is 1.76 bits per heavy atom. The van der Waals surface area contributed by atoms with Crippen LogP contribution >= 0.6 is 0 Å². The molecule has 0 aliphatic rings. The standard InChI is InChI=1S/C19H23NO/c1-15(2)18(21)20-14-19(3,16-10-6-4-7-11-16)17-12-8-5-9-13-17/h4-13,15H,14H2,1-3H3,(H,20,21). The molecular weight excluding hydrogens is 258 g/mol. The first-order chi connectivity index (χ1) is 10.0. The van der Waals surface area contributed by atoms with Gasteiger partial charge in [-0.15, -0.1) is 0 Å². The molecule has 0 bridgehead atoms. The average Bonchev–Trinajstić information content (AvgIpc) is 2.53. The van der Waals surface area contributed by atoms with Crippen molar-refractivity contribution in [2.45, 2.75) is 26.2 Å². The fraction of sp³-hybridized carbons (Fsp3) is 0.316. The maximum absolute atomic E-state index is 11.9. The Balaban J connectivity index is 2.34. The highest BCUT2D eigenvalue weighted by Crippen LogP contribution is 2.31. The zero-order valence-electron chi connectivity index (χ0n) is 13.0. The highest BCUT2D eigenvalue weighted by molar-refractivity contribution is 5.78. The van der Waals surface area contributed by atoms with Gasteiger partial charge in [-0.2, -0.15) is 0 Å². The molecule has 0 saturated carbocycles. The summed E-state index contributed by atoms with van der Waals surface area (Å²) in [6.45, 7) is 6.60. The number of benzene rings is 2. The van der Waals surface area contributed by atoms with Gasteiger partial charge in [0.2, 0.25) is 5.91 Å². The summed E-state index contributed by atoms with van der Waals surface area (Å²) in [6.07, 6.45) is 0. The molecule has 0 saturated heterocycles. The Morgan fingerprint density at radius 1 is 0.952 bits per heavy atom. The van der Waals surface area contributed by atoms with Gasteiger partial charge in [-0.1, -0.05) is 74.5 Å². The fourth-order valence-electron chi connectivity index (χ4n) is 2.45. The first-order valence-electron chi connectivity index (χ1n) is 7.43. The van der Waals surface area contributed by atoms with E-state index in [9.17, 15) is 4.79 Å². The molecule has 1 amide bonds. The highest BCUT2D eigenvalue weighted by Gasteiger charge is 2.29. The molecule has 0 spiro atoms. The predicted octanol–water partition coefficient (Wildman–Crippen LogP) is 3.76. The lowest BCUT2D eigenvalue weighted by Crippen LogP contribution is -2.41. The lowest BCUT2D eigenvalue weighted by atomic mass is 9.76. The molecule has 0 aromatic heterocycles. The van der Waals surface area contributed by atoms with E-state index < -0.39 is 0 Å². The van der Waals surface area contributed by atoms with Crippen molar-refractivity contribution in [1.82, 2.24) is 5.32 Å². The van der Waals surface area contributed by atoms with Crippen LogP contribution in [0.25, 0.3) is 0 Å². The first kappa shape index (κ1) is 15.3. The Labute approximate surface area is 127 Å². The van der Waals surface area contributed by atoms with Crippen LogP contribution in [-0.2, 0) is 10.2 Å². The van der Waals surface area contributed by atoms with Gasteiger partial charge in [0.05, 0.1) is 0 Å². The second-order valence-corrected chi connectivity index (χ2v) is 5.94. The van der Waals surface area contributed by atoms with Gasteiger partial charge in [0, 0.05) is 17.9 Å². The Morgan fingerprint density at radius 2 is 1.38 bits per heavy atom. The summed E-state index contributed by atoms with van der Waals surface area (Å²) in [5.41, 5.74) is 2.19. The van der Waals surface area contributed by atoms with Crippen LogP contribution in [0.5, 0.6) is 0 Å². The van der Waals surface area contributed by atoms with Crippen LogP contribution in [0, 0.1) is 5.92 Å². The third kappa shape index (κ3) is 3.52. The third-order valence-corrected chi connectivity index (χ3v) is 3.96. The van der Waals surface area contributed by atoms with Crippen LogP contribution in [0.2, 0.25) is 0 Å². The van der Waals surface area contributed by atoms with E-state index in [2.05, 4.69) is 36.5 Å². The molecular formula is C19H23NO. The van der Waals surface area contributed by atoms with Gasteiger partial charge in [0.25, 0.3) is 0 Å². The van der Waals surface area contributed by atoms with Crippen molar-refractivity contribution in [2.24, 2.45) is 5.92 Å². The molecule has 0 aliphatic carbocycles. The summed E-state index contributed by atoms with van der Waals surface area (Å²) in [6, 6.07) is 20.7.